The van der Waals surface area contributed by atoms with Gasteiger partial charge in [0, 0.05) is 20.8 Å². The summed E-state index contributed by atoms with van der Waals surface area (Å²) in [6, 6.07) is 0. The second-order valence-electron chi connectivity index (χ2n) is 4.49. The number of carbonyl (C=O) groups excluding carboxylic acids is 1. The third-order valence-electron chi connectivity index (χ3n) is 3.46. The van der Waals surface area contributed by atoms with Gasteiger partial charge in [0.15, 0.2) is 0 Å². The Morgan fingerprint density at radius 1 is 1.53 bits per heavy atom. The summed E-state index contributed by atoms with van der Waals surface area (Å²) in [6.07, 6.45) is 2.71. The van der Waals surface area contributed by atoms with E-state index < -0.39 is 0 Å². The molecule has 0 bridgehead atoms. The van der Waals surface area contributed by atoms with E-state index in [1.54, 1.807) is 14.2 Å². The van der Waals surface area contributed by atoms with Crippen molar-refractivity contribution < 1.29 is 14.3 Å². The van der Waals surface area contributed by atoms with E-state index >= 15 is 0 Å². The van der Waals surface area contributed by atoms with Crippen molar-refractivity contribution >= 4 is 5.91 Å². The van der Waals surface area contributed by atoms with Crippen molar-refractivity contribution in [2.75, 3.05) is 33.9 Å². The van der Waals surface area contributed by atoms with Gasteiger partial charge >= 0.3 is 0 Å². The van der Waals surface area contributed by atoms with Crippen molar-refractivity contribution in [3.8, 4) is 0 Å². The van der Waals surface area contributed by atoms with Crippen LogP contribution in [0, 0.1) is 0 Å². The van der Waals surface area contributed by atoms with Crippen molar-refractivity contribution in [3.63, 3.8) is 0 Å². The molecule has 1 aliphatic heterocycles. The van der Waals surface area contributed by atoms with Gasteiger partial charge in [-0.05, 0) is 25.8 Å². The van der Waals surface area contributed by atoms with Gasteiger partial charge in [0.05, 0.1) is 18.2 Å². The van der Waals surface area contributed by atoms with E-state index in [0.29, 0.717) is 13.2 Å². The molecule has 0 aromatic carbocycles. The lowest BCUT2D eigenvalue weighted by atomic mass is 9.93. The normalized spacial score (nSPS) is 25.8. The van der Waals surface area contributed by atoms with Crippen LogP contribution >= 0.6 is 0 Å². The molecule has 0 radical (unpaired) electrons. The van der Waals surface area contributed by atoms with Crippen molar-refractivity contribution in [3.05, 3.63) is 0 Å². The predicted octanol–water partition coefficient (Wildman–Crippen LogP) is 0.296. The maximum Gasteiger partial charge on any atom is 0.240 e. The number of amides is 1. The topological polar surface area (TPSA) is 59.6 Å². The highest BCUT2D eigenvalue weighted by Crippen LogP contribution is 2.22. The van der Waals surface area contributed by atoms with Gasteiger partial charge in [0.25, 0.3) is 0 Å². The van der Waals surface area contributed by atoms with E-state index in [1.807, 2.05) is 6.92 Å². The Kier molecular flexibility index (Phi) is 5.88. The Hall–Kier alpha value is -0.650. The highest BCUT2D eigenvalue weighted by molar-refractivity contribution is 5.86. The molecular formula is C12H24N2O3. The van der Waals surface area contributed by atoms with Crippen molar-refractivity contribution in [1.29, 1.82) is 0 Å². The molecule has 2 atom stereocenters. The zero-order chi connectivity index (χ0) is 12.7. The molecule has 0 aromatic heterocycles. The fourth-order valence-electron chi connectivity index (χ4n) is 2.23. The zero-order valence-electron chi connectivity index (χ0n) is 11.0. The molecule has 5 nitrogen and oxygen atoms in total. The first-order valence-electron chi connectivity index (χ1n) is 6.23. The van der Waals surface area contributed by atoms with E-state index in [2.05, 4.69) is 10.6 Å². The minimum absolute atomic E-state index is 0.0793. The van der Waals surface area contributed by atoms with Crippen LogP contribution in [0.25, 0.3) is 0 Å². The van der Waals surface area contributed by atoms with Gasteiger partial charge in [-0.15, -0.1) is 0 Å². The van der Waals surface area contributed by atoms with Gasteiger partial charge in [0.1, 0.15) is 0 Å². The van der Waals surface area contributed by atoms with Crippen LogP contribution in [0.1, 0.15) is 26.2 Å². The monoisotopic (exact) mass is 244 g/mol. The van der Waals surface area contributed by atoms with E-state index in [0.717, 1.165) is 25.8 Å². The van der Waals surface area contributed by atoms with Gasteiger partial charge in [-0.1, -0.05) is 6.92 Å². The fraction of sp³-hybridized carbons (Fsp3) is 0.917. The molecule has 2 unspecified atom stereocenters. The quantitative estimate of drug-likeness (QED) is 0.676. The molecule has 0 aromatic rings. The molecule has 1 aliphatic rings. The Morgan fingerprint density at radius 3 is 2.76 bits per heavy atom. The van der Waals surface area contributed by atoms with Crippen LogP contribution in [0.15, 0.2) is 0 Å². The molecule has 17 heavy (non-hydrogen) atoms. The Morgan fingerprint density at radius 2 is 2.29 bits per heavy atom. The van der Waals surface area contributed by atoms with Crippen molar-refractivity contribution in [1.82, 2.24) is 10.6 Å². The first-order valence-corrected chi connectivity index (χ1v) is 6.23. The largest absolute Gasteiger partial charge is 0.382 e. The zero-order valence-corrected chi connectivity index (χ0v) is 11.0. The molecule has 2 N–H and O–H groups in total. The van der Waals surface area contributed by atoms with Crippen molar-refractivity contribution in [2.24, 2.45) is 0 Å². The lowest BCUT2D eigenvalue weighted by Crippen LogP contribution is -2.54. The van der Waals surface area contributed by atoms with Crippen LogP contribution in [0.3, 0.4) is 0 Å². The van der Waals surface area contributed by atoms with Crippen LogP contribution in [-0.2, 0) is 14.3 Å². The summed E-state index contributed by atoms with van der Waals surface area (Å²) in [5.41, 5.74) is -0.370. The van der Waals surface area contributed by atoms with Crippen LogP contribution in [0.5, 0.6) is 0 Å². The van der Waals surface area contributed by atoms with Crippen LogP contribution in [0.2, 0.25) is 0 Å². The number of rotatable bonds is 7. The molecule has 5 heteroatoms. The third-order valence-corrected chi connectivity index (χ3v) is 3.46. The molecule has 0 saturated carbocycles. The first kappa shape index (κ1) is 14.4. The maximum absolute atomic E-state index is 12.2. The summed E-state index contributed by atoms with van der Waals surface area (Å²) in [5, 5.41) is 6.25. The number of carbonyl (C=O) groups is 1. The molecular weight excluding hydrogens is 220 g/mol. The second kappa shape index (κ2) is 6.93. The van der Waals surface area contributed by atoms with E-state index in [9.17, 15) is 4.79 Å². The summed E-state index contributed by atoms with van der Waals surface area (Å²) >= 11 is 0. The highest BCUT2D eigenvalue weighted by Gasteiger charge is 2.38. The molecule has 1 saturated heterocycles. The predicted molar refractivity (Wildman–Crippen MR) is 65.9 cm³/mol. The lowest BCUT2D eigenvalue weighted by molar-refractivity contribution is -0.128. The summed E-state index contributed by atoms with van der Waals surface area (Å²) in [4.78, 5) is 12.2. The molecule has 100 valence electrons. The highest BCUT2D eigenvalue weighted by atomic mass is 16.5. The van der Waals surface area contributed by atoms with Crippen LogP contribution in [-0.4, -0.2) is 51.5 Å². The number of hydrogen-bond donors (Lipinski definition) is 2. The molecule has 0 aliphatic carbocycles. The van der Waals surface area contributed by atoms with Gasteiger partial charge in [0.2, 0.25) is 5.91 Å². The molecule has 1 rings (SSSR count). The number of hydrogen-bond acceptors (Lipinski definition) is 4. The second-order valence-corrected chi connectivity index (χ2v) is 4.49. The molecule has 1 fully saturated rings. The number of ether oxygens (including phenoxy) is 2. The average molecular weight is 244 g/mol. The summed E-state index contributed by atoms with van der Waals surface area (Å²) in [7, 11) is 3.25. The maximum atomic E-state index is 12.2. The minimum Gasteiger partial charge on any atom is -0.382 e. The van der Waals surface area contributed by atoms with E-state index in [-0.39, 0.29) is 17.6 Å². The molecule has 1 heterocycles. The summed E-state index contributed by atoms with van der Waals surface area (Å²) in [6.45, 7) is 3.95. The smallest absolute Gasteiger partial charge is 0.240 e. The van der Waals surface area contributed by atoms with Gasteiger partial charge in [-0.3, -0.25) is 4.79 Å². The minimum atomic E-state index is -0.370. The van der Waals surface area contributed by atoms with Crippen molar-refractivity contribution in [2.45, 2.75) is 37.8 Å². The fourth-order valence-corrected chi connectivity index (χ4v) is 2.23. The van der Waals surface area contributed by atoms with Gasteiger partial charge in [-0.2, -0.15) is 0 Å². The Labute approximate surface area is 103 Å². The Balaban J connectivity index is 2.42. The lowest BCUT2D eigenvalue weighted by Gasteiger charge is -2.27. The molecule has 0 spiro atoms. The SMILES string of the molecule is CCC1(C(=O)NCC(COC)OC)CCCN1. The third kappa shape index (κ3) is 3.66. The number of methoxy groups -OCH3 is 2. The number of nitrogens with one attached hydrogen (secondary N) is 2. The Bertz CT molecular complexity index is 240. The molecule has 1 amide bonds. The van der Waals surface area contributed by atoms with Crippen LogP contribution < -0.4 is 10.6 Å². The standard InChI is InChI=1S/C12H24N2O3/c1-4-12(6-5-7-14-12)11(15)13-8-10(17-3)9-16-2/h10,14H,4-9H2,1-3H3,(H,13,15). The first-order chi connectivity index (χ1) is 8.18. The average Bonchev–Trinajstić information content (AvgIpc) is 2.84. The van der Waals surface area contributed by atoms with Crippen LogP contribution in [0.4, 0.5) is 0 Å². The van der Waals surface area contributed by atoms with E-state index in [4.69, 9.17) is 9.47 Å². The van der Waals surface area contributed by atoms with E-state index in [1.165, 1.54) is 0 Å². The summed E-state index contributed by atoms with van der Waals surface area (Å²) in [5.74, 6) is 0.0793. The van der Waals surface area contributed by atoms with Gasteiger partial charge < -0.3 is 20.1 Å². The summed E-state index contributed by atoms with van der Waals surface area (Å²) < 4.78 is 10.2. The van der Waals surface area contributed by atoms with Gasteiger partial charge in [-0.25, -0.2) is 0 Å².